The number of nitrogens with zero attached hydrogens (tertiary/aromatic N) is 1. The monoisotopic (exact) mass is 277 g/mol. The molecule has 2 N–H and O–H groups in total. The second-order valence-electron chi connectivity index (χ2n) is 4.83. The van der Waals surface area contributed by atoms with Crippen LogP contribution in [0.4, 0.5) is 0 Å². The van der Waals surface area contributed by atoms with Gasteiger partial charge >= 0.3 is 5.97 Å². The van der Waals surface area contributed by atoms with Crippen LogP contribution < -0.4 is 0 Å². The Bertz CT molecular complexity index is 487. The number of aliphatic carboxylic acids is 1. The van der Waals surface area contributed by atoms with Gasteiger partial charge in [-0.15, -0.1) is 0 Å². The van der Waals surface area contributed by atoms with E-state index < -0.39 is 5.97 Å². The van der Waals surface area contributed by atoms with E-state index in [4.69, 9.17) is 14.9 Å². The molecule has 0 radical (unpaired) electrons. The SMILES string of the molecule is O=C(O)/C=C/c1cccc(CN2CCOC(CO)C2)c1. The Kier molecular flexibility index (Phi) is 5.29. The number of carboxylic acids is 1. The van der Waals surface area contributed by atoms with Crippen molar-refractivity contribution in [3.05, 3.63) is 41.5 Å². The lowest BCUT2D eigenvalue weighted by Crippen LogP contribution is -2.43. The third-order valence-electron chi connectivity index (χ3n) is 3.20. The van der Waals surface area contributed by atoms with Gasteiger partial charge in [0, 0.05) is 25.7 Å². The first-order valence-corrected chi connectivity index (χ1v) is 6.62. The zero-order valence-electron chi connectivity index (χ0n) is 11.2. The zero-order valence-corrected chi connectivity index (χ0v) is 11.2. The van der Waals surface area contributed by atoms with E-state index in [1.54, 1.807) is 6.08 Å². The van der Waals surface area contributed by atoms with Crippen molar-refractivity contribution in [3.8, 4) is 0 Å². The highest BCUT2D eigenvalue weighted by Gasteiger charge is 2.19. The summed E-state index contributed by atoms with van der Waals surface area (Å²) in [5, 5.41) is 17.8. The molecule has 20 heavy (non-hydrogen) atoms. The van der Waals surface area contributed by atoms with Gasteiger partial charge in [-0.05, 0) is 17.2 Å². The summed E-state index contributed by atoms with van der Waals surface area (Å²) < 4.78 is 5.42. The fourth-order valence-corrected chi connectivity index (χ4v) is 2.26. The van der Waals surface area contributed by atoms with Crippen LogP contribution in [0, 0.1) is 0 Å². The van der Waals surface area contributed by atoms with Crippen LogP contribution in [0.1, 0.15) is 11.1 Å². The molecule has 0 aliphatic carbocycles. The number of aliphatic hydroxyl groups is 1. The molecule has 1 saturated heterocycles. The maximum absolute atomic E-state index is 10.5. The van der Waals surface area contributed by atoms with E-state index in [1.807, 2.05) is 24.3 Å². The highest BCUT2D eigenvalue weighted by molar-refractivity contribution is 5.85. The van der Waals surface area contributed by atoms with E-state index in [0.29, 0.717) is 13.2 Å². The van der Waals surface area contributed by atoms with Crippen molar-refractivity contribution >= 4 is 12.0 Å². The molecule has 1 fully saturated rings. The number of ether oxygens (including phenoxy) is 1. The highest BCUT2D eigenvalue weighted by atomic mass is 16.5. The van der Waals surface area contributed by atoms with Crippen LogP contribution in [0.25, 0.3) is 6.08 Å². The van der Waals surface area contributed by atoms with E-state index in [1.165, 1.54) is 0 Å². The minimum Gasteiger partial charge on any atom is -0.478 e. The summed E-state index contributed by atoms with van der Waals surface area (Å²) in [5.41, 5.74) is 1.99. The molecule has 1 unspecified atom stereocenters. The van der Waals surface area contributed by atoms with Gasteiger partial charge in [0.15, 0.2) is 0 Å². The first kappa shape index (κ1) is 14.7. The number of aliphatic hydroxyl groups excluding tert-OH is 1. The van der Waals surface area contributed by atoms with Crippen molar-refractivity contribution in [3.63, 3.8) is 0 Å². The van der Waals surface area contributed by atoms with Crippen LogP contribution in [0.2, 0.25) is 0 Å². The van der Waals surface area contributed by atoms with Gasteiger partial charge in [0.1, 0.15) is 0 Å². The second kappa shape index (κ2) is 7.19. The lowest BCUT2D eigenvalue weighted by molar-refractivity contribution is -0.131. The Labute approximate surface area is 118 Å². The second-order valence-corrected chi connectivity index (χ2v) is 4.83. The summed E-state index contributed by atoms with van der Waals surface area (Å²) in [7, 11) is 0. The lowest BCUT2D eigenvalue weighted by atomic mass is 10.1. The third-order valence-corrected chi connectivity index (χ3v) is 3.20. The minimum atomic E-state index is -0.950. The van der Waals surface area contributed by atoms with E-state index in [9.17, 15) is 4.79 Å². The van der Waals surface area contributed by atoms with Crippen molar-refractivity contribution in [1.29, 1.82) is 0 Å². The number of hydrogen-bond donors (Lipinski definition) is 2. The van der Waals surface area contributed by atoms with Crippen LogP contribution in [-0.2, 0) is 16.1 Å². The van der Waals surface area contributed by atoms with E-state index >= 15 is 0 Å². The summed E-state index contributed by atoms with van der Waals surface area (Å²) in [5.74, 6) is -0.950. The molecular weight excluding hydrogens is 258 g/mol. The van der Waals surface area contributed by atoms with E-state index in [2.05, 4.69) is 4.90 Å². The minimum absolute atomic E-state index is 0.0396. The summed E-state index contributed by atoms with van der Waals surface area (Å²) in [6, 6.07) is 7.78. The summed E-state index contributed by atoms with van der Waals surface area (Å²) in [6.45, 7) is 2.99. The Morgan fingerprint density at radius 2 is 2.35 bits per heavy atom. The van der Waals surface area contributed by atoms with Crippen LogP contribution in [-0.4, -0.2) is 53.5 Å². The predicted molar refractivity (Wildman–Crippen MR) is 75.2 cm³/mol. The van der Waals surface area contributed by atoms with E-state index in [-0.39, 0.29) is 12.7 Å². The first-order valence-electron chi connectivity index (χ1n) is 6.62. The predicted octanol–water partition coefficient (Wildman–Crippen LogP) is 0.978. The van der Waals surface area contributed by atoms with Gasteiger partial charge in [0.05, 0.1) is 19.3 Å². The van der Waals surface area contributed by atoms with Gasteiger partial charge in [0.2, 0.25) is 0 Å². The maximum atomic E-state index is 10.5. The molecule has 5 nitrogen and oxygen atoms in total. The van der Waals surface area contributed by atoms with Crippen LogP contribution in [0.3, 0.4) is 0 Å². The van der Waals surface area contributed by atoms with E-state index in [0.717, 1.165) is 30.3 Å². The summed E-state index contributed by atoms with van der Waals surface area (Å²) in [4.78, 5) is 12.7. The van der Waals surface area contributed by atoms with Crippen molar-refractivity contribution in [2.45, 2.75) is 12.6 Å². The molecule has 1 aliphatic heterocycles. The number of rotatable bonds is 5. The maximum Gasteiger partial charge on any atom is 0.328 e. The van der Waals surface area contributed by atoms with Gasteiger partial charge in [-0.2, -0.15) is 0 Å². The molecule has 1 aliphatic rings. The average molecular weight is 277 g/mol. The standard InChI is InChI=1S/C15H19NO4/c17-11-14-10-16(6-7-20-14)9-13-3-1-2-12(8-13)4-5-15(18)19/h1-5,8,14,17H,6-7,9-11H2,(H,18,19)/b5-4+. The lowest BCUT2D eigenvalue weighted by Gasteiger charge is -2.32. The number of carboxylic acid groups (broad SMARTS) is 1. The molecule has 1 aromatic carbocycles. The molecule has 108 valence electrons. The zero-order chi connectivity index (χ0) is 14.4. The van der Waals surface area contributed by atoms with Gasteiger partial charge in [-0.1, -0.05) is 24.3 Å². The molecule has 0 bridgehead atoms. The average Bonchev–Trinajstić information content (AvgIpc) is 2.46. The summed E-state index contributed by atoms with van der Waals surface area (Å²) >= 11 is 0. The number of hydrogen-bond acceptors (Lipinski definition) is 4. The molecule has 1 aromatic rings. The van der Waals surface area contributed by atoms with Gasteiger partial charge in [-0.3, -0.25) is 4.90 Å². The topological polar surface area (TPSA) is 70.0 Å². The molecule has 0 amide bonds. The Balaban J connectivity index is 1.98. The number of carbonyl (C=O) groups is 1. The quantitative estimate of drug-likeness (QED) is 0.785. The fraction of sp³-hybridized carbons (Fsp3) is 0.400. The third kappa shape index (κ3) is 4.45. The van der Waals surface area contributed by atoms with Gasteiger partial charge in [-0.25, -0.2) is 4.79 Å². The number of benzene rings is 1. The Morgan fingerprint density at radius 1 is 1.50 bits per heavy atom. The molecule has 5 heteroatoms. The molecule has 0 aromatic heterocycles. The van der Waals surface area contributed by atoms with Crippen molar-refractivity contribution < 1.29 is 19.7 Å². The van der Waals surface area contributed by atoms with Crippen molar-refractivity contribution in [1.82, 2.24) is 4.90 Å². The molecule has 0 spiro atoms. The fourth-order valence-electron chi connectivity index (χ4n) is 2.26. The first-order chi connectivity index (χ1) is 9.67. The molecule has 2 rings (SSSR count). The normalized spacial score (nSPS) is 20.4. The molecular formula is C15H19NO4. The molecule has 0 saturated carbocycles. The van der Waals surface area contributed by atoms with Gasteiger partial charge in [0.25, 0.3) is 0 Å². The Hall–Kier alpha value is -1.69. The van der Waals surface area contributed by atoms with Crippen molar-refractivity contribution in [2.24, 2.45) is 0 Å². The van der Waals surface area contributed by atoms with Crippen LogP contribution in [0.5, 0.6) is 0 Å². The highest BCUT2D eigenvalue weighted by Crippen LogP contribution is 2.13. The molecule has 1 atom stereocenters. The number of morpholine rings is 1. The molecule has 1 heterocycles. The largest absolute Gasteiger partial charge is 0.478 e. The van der Waals surface area contributed by atoms with Crippen LogP contribution in [0.15, 0.2) is 30.3 Å². The van der Waals surface area contributed by atoms with Gasteiger partial charge < -0.3 is 14.9 Å². The Morgan fingerprint density at radius 3 is 3.10 bits per heavy atom. The smallest absolute Gasteiger partial charge is 0.328 e. The summed E-state index contributed by atoms with van der Waals surface area (Å²) in [6.07, 6.45) is 2.61. The van der Waals surface area contributed by atoms with Crippen LogP contribution >= 0.6 is 0 Å². The van der Waals surface area contributed by atoms with Crippen molar-refractivity contribution in [2.75, 3.05) is 26.3 Å².